The van der Waals surface area contributed by atoms with Gasteiger partial charge in [0.2, 0.25) is 0 Å². The van der Waals surface area contributed by atoms with E-state index in [1.54, 1.807) is 6.07 Å². The van der Waals surface area contributed by atoms with Gasteiger partial charge in [0.15, 0.2) is 0 Å². The molecule has 6 heteroatoms. The number of phenols is 2. The summed E-state index contributed by atoms with van der Waals surface area (Å²) in [7, 11) is 0. The summed E-state index contributed by atoms with van der Waals surface area (Å²) in [6.45, 7) is 6.16. The normalized spacial score (nSPS) is 11.6. The minimum Gasteiger partial charge on any atom is -0.508 e. The van der Waals surface area contributed by atoms with Crippen molar-refractivity contribution in [3.63, 3.8) is 0 Å². The van der Waals surface area contributed by atoms with Gasteiger partial charge < -0.3 is 10.2 Å². The summed E-state index contributed by atoms with van der Waals surface area (Å²) >= 11 is 4.53. The van der Waals surface area contributed by atoms with Crippen LogP contribution in [0.1, 0.15) is 25.0 Å². The zero-order valence-electron chi connectivity index (χ0n) is 15.6. The van der Waals surface area contributed by atoms with Gasteiger partial charge in [0.25, 0.3) is 0 Å². The Morgan fingerprint density at radius 1 is 1.19 bits per heavy atom. The summed E-state index contributed by atoms with van der Waals surface area (Å²) < 4.78 is 0. The molecule has 0 aliphatic rings. The lowest BCUT2D eigenvalue weighted by Crippen LogP contribution is -1.98. The summed E-state index contributed by atoms with van der Waals surface area (Å²) in [5.74, 6) is -0.0200. The Balaban J connectivity index is 2.16. The zero-order valence-corrected chi connectivity index (χ0v) is 16.5. The van der Waals surface area contributed by atoms with Gasteiger partial charge in [-0.3, -0.25) is 10.1 Å². The Morgan fingerprint density at radius 2 is 1.96 bits per heavy atom. The van der Waals surface area contributed by atoms with Crippen LogP contribution in [0.15, 0.2) is 46.4 Å². The molecule has 5 nitrogen and oxygen atoms in total. The molecule has 0 saturated carbocycles. The summed E-state index contributed by atoms with van der Waals surface area (Å²) in [4.78, 5) is 4.47. The van der Waals surface area contributed by atoms with E-state index in [4.69, 9.17) is 0 Å². The van der Waals surface area contributed by atoms with E-state index in [1.807, 2.05) is 32.2 Å². The van der Waals surface area contributed by atoms with E-state index in [1.165, 1.54) is 12.1 Å². The molecule has 3 rings (SSSR count). The van der Waals surface area contributed by atoms with Gasteiger partial charge in [0.05, 0.1) is 5.69 Å². The number of nitrogens with zero attached hydrogens (tertiary/aromatic N) is 2. The van der Waals surface area contributed by atoms with Gasteiger partial charge in [-0.15, -0.1) is 12.6 Å². The van der Waals surface area contributed by atoms with E-state index >= 15 is 0 Å². The molecule has 0 unspecified atom stereocenters. The molecule has 27 heavy (non-hydrogen) atoms. The van der Waals surface area contributed by atoms with E-state index in [2.05, 4.69) is 40.8 Å². The van der Waals surface area contributed by atoms with Crippen molar-refractivity contribution in [1.82, 2.24) is 10.2 Å². The number of benzene rings is 2. The monoisotopic (exact) mass is 381 g/mol. The second-order valence-corrected chi connectivity index (χ2v) is 7.15. The Hall–Kier alpha value is -2.73. The fraction of sp³-hybridized carbons (Fsp3) is 0.238. The number of rotatable bonds is 5. The smallest absolute Gasteiger partial charge is 0.128 e. The Kier molecular flexibility index (Phi) is 5.56. The number of H-pyrrole nitrogens is 1. The number of aromatic hydroxyl groups is 2. The summed E-state index contributed by atoms with van der Waals surface area (Å²) in [5.41, 5.74) is 5.31. The summed E-state index contributed by atoms with van der Waals surface area (Å²) in [6, 6.07) is 10.8. The van der Waals surface area contributed by atoms with E-state index in [9.17, 15) is 10.2 Å². The van der Waals surface area contributed by atoms with Crippen LogP contribution >= 0.6 is 12.6 Å². The molecule has 0 bridgehead atoms. The van der Waals surface area contributed by atoms with Crippen LogP contribution in [0, 0.1) is 6.92 Å². The van der Waals surface area contributed by atoms with Crippen LogP contribution in [0.25, 0.3) is 22.4 Å². The van der Waals surface area contributed by atoms with Crippen molar-refractivity contribution in [2.75, 3.05) is 0 Å². The van der Waals surface area contributed by atoms with Crippen molar-refractivity contribution in [3.05, 3.63) is 47.5 Å². The van der Waals surface area contributed by atoms with Crippen molar-refractivity contribution in [2.45, 2.75) is 38.3 Å². The topological polar surface area (TPSA) is 81.5 Å². The molecule has 0 fully saturated rings. The van der Waals surface area contributed by atoms with E-state index in [-0.39, 0.29) is 17.5 Å². The highest BCUT2D eigenvalue weighted by Crippen LogP contribution is 2.41. The Bertz CT molecular complexity index is 993. The first-order valence-corrected chi connectivity index (χ1v) is 9.23. The van der Waals surface area contributed by atoms with Crippen LogP contribution in [0.2, 0.25) is 0 Å². The molecule has 0 radical (unpaired) electrons. The Morgan fingerprint density at radius 3 is 2.67 bits per heavy atom. The minimum absolute atomic E-state index is 0.00422. The predicted molar refractivity (Wildman–Crippen MR) is 112 cm³/mol. The number of aromatic amines is 1. The van der Waals surface area contributed by atoms with Gasteiger partial charge in [-0.1, -0.05) is 18.2 Å². The molecule has 1 aromatic heterocycles. The fourth-order valence-electron chi connectivity index (χ4n) is 3.08. The number of aliphatic imine (C=N–C) groups is 1. The second-order valence-electron chi connectivity index (χ2n) is 6.73. The molecule has 0 atom stereocenters. The van der Waals surface area contributed by atoms with Crippen LogP contribution in [-0.4, -0.2) is 32.7 Å². The largest absolute Gasteiger partial charge is 0.508 e. The molecule has 0 amide bonds. The highest BCUT2D eigenvalue weighted by atomic mass is 32.1. The molecule has 0 aliphatic heterocycles. The van der Waals surface area contributed by atoms with Crippen molar-refractivity contribution in [3.8, 4) is 33.9 Å². The number of hydrogen-bond acceptors (Lipinski definition) is 5. The first-order valence-electron chi connectivity index (χ1n) is 8.78. The highest BCUT2D eigenvalue weighted by Gasteiger charge is 2.20. The number of phenolic OH excluding ortho intramolecular Hbond substituents is 2. The van der Waals surface area contributed by atoms with Gasteiger partial charge in [0, 0.05) is 35.9 Å². The van der Waals surface area contributed by atoms with E-state index in [0.29, 0.717) is 22.7 Å². The van der Waals surface area contributed by atoms with Crippen LogP contribution < -0.4 is 0 Å². The number of nitrogens with one attached hydrogen (secondary N) is 1. The van der Waals surface area contributed by atoms with Crippen molar-refractivity contribution < 1.29 is 10.2 Å². The van der Waals surface area contributed by atoms with Gasteiger partial charge in [-0.2, -0.15) is 5.10 Å². The molecule has 0 saturated heterocycles. The first kappa shape index (κ1) is 19.0. The van der Waals surface area contributed by atoms with Gasteiger partial charge in [-0.25, -0.2) is 0 Å². The SMILES string of the molecule is Cc1cccc(-c2c(S)n[nH]c2-c2ccc(O)cc2O)c1C/C=N/C(C)C. The lowest BCUT2D eigenvalue weighted by molar-refractivity contribution is 0.452. The molecule has 3 aromatic rings. The van der Waals surface area contributed by atoms with Gasteiger partial charge in [0.1, 0.15) is 16.5 Å². The molecule has 1 heterocycles. The van der Waals surface area contributed by atoms with Crippen LogP contribution in [0.5, 0.6) is 11.5 Å². The van der Waals surface area contributed by atoms with Crippen molar-refractivity contribution >= 4 is 18.8 Å². The molecular formula is C21H23N3O2S. The molecule has 0 spiro atoms. The average molecular weight is 382 g/mol. The quantitative estimate of drug-likeness (QED) is 0.379. The van der Waals surface area contributed by atoms with Crippen LogP contribution in [0.4, 0.5) is 0 Å². The second kappa shape index (κ2) is 7.88. The summed E-state index contributed by atoms with van der Waals surface area (Å²) in [6.07, 6.45) is 2.63. The molecule has 2 aromatic carbocycles. The maximum Gasteiger partial charge on any atom is 0.128 e. The third kappa shape index (κ3) is 4.01. The van der Waals surface area contributed by atoms with E-state index in [0.717, 1.165) is 22.3 Å². The third-order valence-electron chi connectivity index (χ3n) is 4.38. The zero-order chi connectivity index (χ0) is 19.6. The first-order chi connectivity index (χ1) is 12.9. The Labute approximate surface area is 164 Å². The number of aryl methyl sites for hydroxylation is 1. The molecular weight excluding hydrogens is 358 g/mol. The summed E-state index contributed by atoms with van der Waals surface area (Å²) in [5, 5.41) is 27.6. The van der Waals surface area contributed by atoms with Gasteiger partial charge in [-0.05, 0) is 49.6 Å². The number of hydrogen-bond donors (Lipinski definition) is 4. The number of aromatic nitrogens is 2. The van der Waals surface area contributed by atoms with Crippen LogP contribution in [0.3, 0.4) is 0 Å². The van der Waals surface area contributed by atoms with Crippen LogP contribution in [-0.2, 0) is 6.42 Å². The fourth-order valence-corrected chi connectivity index (χ4v) is 3.36. The lowest BCUT2D eigenvalue weighted by Gasteiger charge is -2.13. The van der Waals surface area contributed by atoms with Crippen molar-refractivity contribution in [1.29, 1.82) is 0 Å². The van der Waals surface area contributed by atoms with Gasteiger partial charge >= 0.3 is 0 Å². The van der Waals surface area contributed by atoms with Crippen molar-refractivity contribution in [2.24, 2.45) is 4.99 Å². The lowest BCUT2D eigenvalue weighted by atomic mass is 9.92. The molecule has 140 valence electrons. The minimum atomic E-state index is -0.0243. The highest BCUT2D eigenvalue weighted by molar-refractivity contribution is 7.80. The average Bonchev–Trinajstić information content (AvgIpc) is 2.97. The van der Waals surface area contributed by atoms with E-state index < -0.39 is 0 Å². The maximum absolute atomic E-state index is 10.3. The molecule has 3 N–H and O–H groups in total. The maximum atomic E-state index is 10.3. The predicted octanol–water partition coefficient (Wildman–Crippen LogP) is 4.77. The standard InChI is InChI=1S/C21H23N3O2S/c1-12(2)22-10-9-15-13(3)5-4-6-16(15)19-20(23-24-21(19)27)17-8-7-14(25)11-18(17)26/h4-8,10-12,25-26H,9H2,1-3H3,(H2,23,24,27)/b22-10+. The number of thiol groups is 1. The third-order valence-corrected chi connectivity index (χ3v) is 4.70. The molecule has 0 aliphatic carbocycles.